The number of hydrogen-bond donors (Lipinski definition) is 2. The van der Waals surface area contributed by atoms with Crippen molar-refractivity contribution in [2.45, 2.75) is 38.1 Å². The number of ether oxygens (including phenoxy) is 1. The lowest BCUT2D eigenvalue weighted by atomic mass is 9.95. The Bertz CT molecular complexity index is 1250. The molecule has 162 valence electrons. The molecule has 5 rings (SSSR count). The molecule has 0 saturated heterocycles. The second kappa shape index (κ2) is 9.01. The van der Waals surface area contributed by atoms with Crippen LogP contribution in [0.4, 0.5) is 5.82 Å². The number of rotatable bonds is 6. The Hall–Kier alpha value is -3.38. The molecule has 2 N–H and O–H groups in total. The lowest BCUT2D eigenvalue weighted by Gasteiger charge is -2.23. The smallest absolute Gasteiger partial charge is 0.196 e. The van der Waals surface area contributed by atoms with Gasteiger partial charge in [-0.05, 0) is 37.1 Å². The second-order valence-corrected chi connectivity index (χ2v) is 8.42. The number of nitrogens with one attached hydrogen (secondary N) is 2. The molecule has 0 amide bonds. The van der Waals surface area contributed by atoms with Crippen LogP contribution in [0.3, 0.4) is 0 Å². The number of carbonyl (C=O) groups excluding carboxylic acids is 1. The molecule has 1 fully saturated rings. The van der Waals surface area contributed by atoms with Crippen molar-refractivity contribution in [2.24, 2.45) is 0 Å². The molecular weight excluding hydrogens is 424 g/mol. The summed E-state index contributed by atoms with van der Waals surface area (Å²) >= 11 is 6.50. The molecule has 2 aromatic carbocycles. The minimum Gasteiger partial charge on any atom is -0.457 e. The third-order valence-electron chi connectivity index (χ3n) is 5.82. The van der Waals surface area contributed by atoms with Gasteiger partial charge >= 0.3 is 0 Å². The van der Waals surface area contributed by atoms with E-state index in [1.807, 2.05) is 30.3 Å². The van der Waals surface area contributed by atoms with Crippen LogP contribution in [0.1, 0.15) is 48.0 Å². The number of para-hydroxylation sites is 1. The number of aromatic nitrogens is 3. The Morgan fingerprint density at radius 3 is 2.59 bits per heavy atom. The molecule has 1 aliphatic rings. The highest BCUT2D eigenvalue weighted by molar-refractivity contribution is 6.35. The number of carbonyl (C=O) groups is 1. The van der Waals surface area contributed by atoms with Crippen molar-refractivity contribution >= 4 is 34.2 Å². The zero-order valence-electron chi connectivity index (χ0n) is 17.5. The number of aromatic amines is 1. The van der Waals surface area contributed by atoms with Crippen LogP contribution in [0.15, 0.2) is 61.1 Å². The van der Waals surface area contributed by atoms with Gasteiger partial charge in [0.05, 0.1) is 16.0 Å². The van der Waals surface area contributed by atoms with Gasteiger partial charge in [-0.1, -0.05) is 49.1 Å². The maximum Gasteiger partial charge on any atom is 0.196 e. The zero-order valence-corrected chi connectivity index (χ0v) is 18.2. The third kappa shape index (κ3) is 4.18. The van der Waals surface area contributed by atoms with E-state index < -0.39 is 0 Å². The van der Waals surface area contributed by atoms with Crippen molar-refractivity contribution in [1.29, 1.82) is 0 Å². The average molecular weight is 447 g/mol. The van der Waals surface area contributed by atoms with Crippen LogP contribution < -0.4 is 10.1 Å². The summed E-state index contributed by atoms with van der Waals surface area (Å²) in [5, 5.41) is 4.56. The van der Waals surface area contributed by atoms with Crippen molar-refractivity contribution in [3.05, 3.63) is 77.2 Å². The van der Waals surface area contributed by atoms with Crippen LogP contribution in [0.2, 0.25) is 5.02 Å². The Labute approximate surface area is 191 Å². The highest BCUT2D eigenvalue weighted by Gasteiger charge is 2.22. The minimum absolute atomic E-state index is 0.186. The summed E-state index contributed by atoms with van der Waals surface area (Å²) in [5.41, 5.74) is 1.53. The van der Waals surface area contributed by atoms with Crippen molar-refractivity contribution < 1.29 is 9.53 Å². The monoisotopic (exact) mass is 446 g/mol. The maximum absolute atomic E-state index is 13.4. The predicted octanol–water partition coefficient (Wildman–Crippen LogP) is 6.38. The number of fused-ring (bicyclic) bond motifs is 1. The largest absolute Gasteiger partial charge is 0.457 e. The number of nitrogens with zero attached hydrogens (tertiary/aromatic N) is 2. The third-order valence-corrected chi connectivity index (χ3v) is 6.14. The molecule has 0 unspecified atom stereocenters. The summed E-state index contributed by atoms with van der Waals surface area (Å²) in [6.07, 6.45) is 9.09. The van der Waals surface area contributed by atoms with Crippen LogP contribution >= 0.6 is 11.6 Å². The predicted molar refractivity (Wildman–Crippen MR) is 126 cm³/mol. The summed E-state index contributed by atoms with van der Waals surface area (Å²) in [4.78, 5) is 25.3. The number of anilines is 1. The van der Waals surface area contributed by atoms with Crippen molar-refractivity contribution in [3.63, 3.8) is 0 Å². The molecule has 2 heterocycles. The molecule has 2 aromatic heterocycles. The quantitative estimate of drug-likeness (QED) is 0.336. The van der Waals surface area contributed by atoms with Gasteiger partial charge in [0, 0.05) is 23.9 Å². The second-order valence-electron chi connectivity index (χ2n) is 8.01. The summed E-state index contributed by atoms with van der Waals surface area (Å²) in [6.45, 7) is 0. The molecular formula is C25H23ClN4O2. The molecule has 32 heavy (non-hydrogen) atoms. The summed E-state index contributed by atoms with van der Waals surface area (Å²) in [7, 11) is 0. The van der Waals surface area contributed by atoms with Crippen molar-refractivity contribution in [1.82, 2.24) is 15.0 Å². The van der Waals surface area contributed by atoms with E-state index in [9.17, 15) is 4.79 Å². The van der Waals surface area contributed by atoms with E-state index in [0.29, 0.717) is 50.5 Å². The van der Waals surface area contributed by atoms with Crippen LogP contribution in [0.5, 0.6) is 11.5 Å². The van der Waals surface area contributed by atoms with E-state index in [1.54, 1.807) is 24.4 Å². The Morgan fingerprint density at radius 1 is 1.00 bits per heavy atom. The van der Waals surface area contributed by atoms with Gasteiger partial charge < -0.3 is 15.0 Å². The van der Waals surface area contributed by atoms with E-state index in [1.165, 1.54) is 25.6 Å². The maximum atomic E-state index is 13.4. The average Bonchev–Trinajstić information content (AvgIpc) is 3.26. The fourth-order valence-electron chi connectivity index (χ4n) is 4.20. The standard InChI is InChI=1S/C25H23ClN4O2/c26-21-13-18(32-17-9-5-2-6-10-17)11-12-19(21)23(31)20-14-27-24-22(20)25(29-15-28-24)30-16-7-3-1-4-8-16/h2,5-6,9-16H,1,3-4,7-8H2,(H2,27,28,29,30). The molecule has 0 spiro atoms. The van der Waals surface area contributed by atoms with E-state index in [-0.39, 0.29) is 5.78 Å². The van der Waals surface area contributed by atoms with Crippen molar-refractivity contribution in [2.75, 3.05) is 5.32 Å². The molecule has 1 saturated carbocycles. The number of H-pyrrole nitrogens is 1. The van der Waals surface area contributed by atoms with Gasteiger partial charge in [0.1, 0.15) is 29.3 Å². The van der Waals surface area contributed by atoms with E-state index >= 15 is 0 Å². The molecule has 1 aliphatic carbocycles. The van der Waals surface area contributed by atoms with Gasteiger partial charge in [-0.25, -0.2) is 9.97 Å². The van der Waals surface area contributed by atoms with E-state index in [4.69, 9.17) is 16.3 Å². The summed E-state index contributed by atoms with van der Waals surface area (Å²) in [6, 6.07) is 14.9. The molecule has 0 bridgehead atoms. The molecule has 6 nitrogen and oxygen atoms in total. The summed E-state index contributed by atoms with van der Waals surface area (Å²) < 4.78 is 5.83. The molecule has 4 aromatic rings. The SMILES string of the molecule is O=C(c1ccc(Oc2ccccc2)cc1Cl)c1c[nH]c2ncnc(NC3CCCCC3)c12. The van der Waals surface area contributed by atoms with Gasteiger partial charge in [-0.15, -0.1) is 0 Å². The van der Waals surface area contributed by atoms with Gasteiger partial charge in [-0.3, -0.25) is 4.79 Å². The van der Waals surface area contributed by atoms with E-state index in [2.05, 4.69) is 20.3 Å². The highest BCUT2D eigenvalue weighted by Crippen LogP contribution is 2.32. The molecule has 0 aliphatic heterocycles. The molecule has 0 radical (unpaired) electrons. The van der Waals surface area contributed by atoms with Crippen LogP contribution in [-0.2, 0) is 0 Å². The lowest BCUT2D eigenvalue weighted by molar-refractivity contribution is 0.104. The molecule has 0 atom stereocenters. The zero-order chi connectivity index (χ0) is 21.9. The number of benzene rings is 2. The first-order chi connectivity index (χ1) is 15.7. The summed E-state index contributed by atoms with van der Waals surface area (Å²) in [5.74, 6) is 1.77. The topological polar surface area (TPSA) is 79.9 Å². The highest BCUT2D eigenvalue weighted by atomic mass is 35.5. The fraction of sp³-hybridized carbons (Fsp3) is 0.240. The Balaban J connectivity index is 1.44. The number of ketones is 1. The van der Waals surface area contributed by atoms with Crippen LogP contribution in [-0.4, -0.2) is 26.8 Å². The first-order valence-corrected chi connectivity index (χ1v) is 11.2. The number of hydrogen-bond acceptors (Lipinski definition) is 5. The van der Waals surface area contributed by atoms with Crippen LogP contribution in [0.25, 0.3) is 11.0 Å². The van der Waals surface area contributed by atoms with Gasteiger partial charge in [0.2, 0.25) is 0 Å². The van der Waals surface area contributed by atoms with E-state index in [0.717, 1.165) is 12.8 Å². The van der Waals surface area contributed by atoms with Crippen molar-refractivity contribution in [3.8, 4) is 11.5 Å². The normalized spacial score (nSPS) is 14.4. The Kier molecular flexibility index (Phi) is 5.77. The van der Waals surface area contributed by atoms with Crippen LogP contribution in [0, 0.1) is 0 Å². The van der Waals surface area contributed by atoms with Gasteiger partial charge in [0.15, 0.2) is 5.78 Å². The van der Waals surface area contributed by atoms with Gasteiger partial charge in [-0.2, -0.15) is 0 Å². The molecule has 7 heteroatoms. The Morgan fingerprint density at radius 2 is 1.81 bits per heavy atom. The minimum atomic E-state index is -0.186. The fourth-order valence-corrected chi connectivity index (χ4v) is 4.46. The first kappa shape index (κ1) is 20.5. The lowest BCUT2D eigenvalue weighted by Crippen LogP contribution is -2.23. The first-order valence-electron chi connectivity index (χ1n) is 10.8. The van der Waals surface area contributed by atoms with Gasteiger partial charge in [0.25, 0.3) is 0 Å². The number of halogens is 1.